The van der Waals surface area contributed by atoms with Crippen LogP contribution in [0.15, 0.2) is 22.7 Å². The van der Waals surface area contributed by atoms with Crippen molar-refractivity contribution in [2.45, 2.75) is 25.6 Å². The lowest BCUT2D eigenvalue weighted by Crippen LogP contribution is -2.39. The average Bonchev–Trinajstić information content (AvgIpc) is 2.76. The van der Waals surface area contributed by atoms with E-state index in [0.29, 0.717) is 0 Å². The van der Waals surface area contributed by atoms with E-state index in [1.54, 1.807) is 0 Å². The van der Waals surface area contributed by atoms with Gasteiger partial charge in [-0.05, 0) is 37.1 Å². The van der Waals surface area contributed by atoms with Crippen molar-refractivity contribution in [2.75, 3.05) is 11.9 Å². The molecule has 2 unspecified atom stereocenters. The maximum atomic E-state index is 12.8. The molecule has 1 aromatic rings. The number of carbonyl (C=O) groups excluding carboxylic acids is 1. The van der Waals surface area contributed by atoms with E-state index in [2.05, 4.69) is 26.6 Å². The molecule has 1 saturated heterocycles. The van der Waals surface area contributed by atoms with Gasteiger partial charge < -0.3 is 10.6 Å². The van der Waals surface area contributed by atoms with Gasteiger partial charge in [0.15, 0.2) is 0 Å². The first-order valence-corrected chi connectivity index (χ1v) is 6.99. The zero-order chi connectivity index (χ0) is 14.9. The van der Waals surface area contributed by atoms with Gasteiger partial charge >= 0.3 is 6.18 Å². The molecule has 1 aromatic carbocycles. The number of carbonyl (C=O) groups is 1. The van der Waals surface area contributed by atoms with Crippen LogP contribution in [0.25, 0.3) is 0 Å². The Morgan fingerprint density at radius 2 is 2.15 bits per heavy atom. The minimum absolute atomic E-state index is 0.0460. The summed E-state index contributed by atoms with van der Waals surface area (Å²) < 4.78 is 38.3. The summed E-state index contributed by atoms with van der Waals surface area (Å²) in [5.41, 5.74) is -0.658. The van der Waals surface area contributed by atoms with Crippen LogP contribution in [-0.2, 0) is 11.0 Å². The number of nitrogens with one attached hydrogen (secondary N) is 2. The van der Waals surface area contributed by atoms with Crippen molar-refractivity contribution in [3.8, 4) is 0 Å². The molecule has 0 aliphatic carbocycles. The molecule has 7 heteroatoms. The van der Waals surface area contributed by atoms with E-state index < -0.39 is 11.7 Å². The Morgan fingerprint density at radius 3 is 2.70 bits per heavy atom. The summed E-state index contributed by atoms with van der Waals surface area (Å²) in [6.07, 6.45) is -3.58. The van der Waals surface area contributed by atoms with E-state index in [-0.39, 0.29) is 28.0 Å². The first-order chi connectivity index (χ1) is 9.29. The van der Waals surface area contributed by atoms with Crippen molar-refractivity contribution in [3.63, 3.8) is 0 Å². The summed E-state index contributed by atoms with van der Waals surface area (Å²) in [5.74, 6) is -0.127. The molecule has 1 amide bonds. The molecule has 2 N–H and O–H groups in total. The molecule has 1 aliphatic heterocycles. The third-order valence-electron chi connectivity index (χ3n) is 3.35. The normalized spacial score (nSPS) is 22.9. The predicted molar refractivity (Wildman–Crippen MR) is 73.3 cm³/mol. The van der Waals surface area contributed by atoms with E-state index in [1.165, 1.54) is 12.1 Å². The van der Waals surface area contributed by atoms with Crippen molar-refractivity contribution in [3.05, 3.63) is 28.2 Å². The van der Waals surface area contributed by atoms with Gasteiger partial charge in [0.1, 0.15) is 0 Å². The van der Waals surface area contributed by atoms with Gasteiger partial charge in [-0.2, -0.15) is 13.2 Å². The third-order valence-corrected chi connectivity index (χ3v) is 4.05. The predicted octanol–water partition coefficient (Wildman–Crippen LogP) is 3.40. The molecule has 1 aliphatic rings. The lowest BCUT2D eigenvalue weighted by atomic mass is 10.0. The molecule has 20 heavy (non-hydrogen) atoms. The van der Waals surface area contributed by atoms with Crippen LogP contribution >= 0.6 is 15.9 Å². The summed E-state index contributed by atoms with van der Waals surface area (Å²) in [4.78, 5) is 12.0. The highest BCUT2D eigenvalue weighted by molar-refractivity contribution is 9.10. The van der Waals surface area contributed by atoms with Crippen LogP contribution in [0.1, 0.15) is 18.9 Å². The lowest BCUT2D eigenvalue weighted by molar-refractivity contribution is -0.138. The molecule has 0 aromatic heterocycles. The quantitative estimate of drug-likeness (QED) is 0.858. The summed E-state index contributed by atoms with van der Waals surface area (Å²) in [7, 11) is 0. The van der Waals surface area contributed by atoms with Gasteiger partial charge in [0, 0.05) is 10.2 Å². The molecule has 3 nitrogen and oxygen atoms in total. The second-order valence-electron chi connectivity index (χ2n) is 4.88. The Balaban J connectivity index is 2.16. The fourth-order valence-corrected chi connectivity index (χ4v) is 2.70. The summed E-state index contributed by atoms with van der Waals surface area (Å²) in [6, 6.07) is 3.30. The van der Waals surface area contributed by atoms with Crippen LogP contribution in [0.4, 0.5) is 18.9 Å². The van der Waals surface area contributed by atoms with Gasteiger partial charge in [-0.25, -0.2) is 0 Å². The van der Waals surface area contributed by atoms with Crippen LogP contribution in [0, 0.1) is 5.92 Å². The molecule has 2 atom stereocenters. The van der Waals surface area contributed by atoms with E-state index in [9.17, 15) is 18.0 Å². The molecule has 1 heterocycles. The van der Waals surface area contributed by atoms with Crippen molar-refractivity contribution < 1.29 is 18.0 Å². The van der Waals surface area contributed by atoms with Crippen LogP contribution < -0.4 is 10.6 Å². The first-order valence-electron chi connectivity index (χ1n) is 6.20. The molecular formula is C13H14BrF3N2O. The topological polar surface area (TPSA) is 41.1 Å². The number of amides is 1. The number of alkyl halides is 3. The van der Waals surface area contributed by atoms with Crippen molar-refractivity contribution >= 4 is 27.5 Å². The summed E-state index contributed by atoms with van der Waals surface area (Å²) in [5, 5.41) is 5.57. The summed E-state index contributed by atoms with van der Waals surface area (Å²) in [6.45, 7) is 2.68. The SMILES string of the molecule is CC1CCNC1C(=O)Nc1ccc(Br)c(C(F)(F)F)c1. The number of halogens is 4. The van der Waals surface area contributed by atoms with E-state index in [1.807, 2.05) is 6.92 Å². The van der Waals surface area contributed by atoms with Gasteiger partial charge in [-0.3, -0.25) is 4.79 Å². The van der Waals surface area contributed by atoms with Crippen molar-refractivity contribution in [2.24, 2.45) is 5.92 Å². The highest BCUT2D eigenvalue weighted by atomic mass is 79.9. The first kappa shape index (κ1) is 15.3. The zero-order valence-electron chi connectivity index (χ0n) is 10.7. The second-order valence-corrected chi connectivity index (χ2v) is 5.73. The Hall–Kier alpha value is -1.08. The van der Waals surface area contributed by atoms with Gasteiger partial charge in [0.2, 0.25) is 5.91 Å². The Labute approximate surface area is 123 Å². The Kier molecular flexibility index (Phi) is 4.39. The monoisotopic (exact) mass is 350 g/mol. The molecule has 0 radical (unpaired) electrons. The third kappa shape index (κ3) is 3.32. The van der Waals surface area contributed by atoms with Crippen LogP contribution in [0.2, 0.25) is 0 Å². The minimum Gasteiger partial charge on any atom is -0.325 e. The molecule has 0 spiro atoms. The van der Waals surface area contributed by atoms with E-state index in [4.69, 9.17) is 0 Å². The van der Waals surface area contributed by atoms with E-state index >= 15 is 0 Å². The van der Waals surface area contributed by atoms with Gasteiger partial charge in [0.25, 0.3) is 0 Å². The molecule has 0 bridgehead atoms. The van der Waals surface area contributed by atoms with Crippen LogP contribution in [0.5, 0.6) is 0 Å². The highest BCUT2D eigenvalue weighted by Crippen LogP contribution is 2.36. The van der Waals surface area contributed by atoms with Crippen molar-refractivity contribution in [1.82, 2.24) is 5.32 Å². The molecule has 1 fully saturated rings. The van der Waals surface area contributed by atoms with Crippen molar-refractivity contribution in [1.29, 1.82) is 0 Å². The van der Waals surface area contributed by atoms with Gasteiger partial charge in [-0.15, -0.1) is 0 Å². The number of anilines is 1. The minimum atomic E-state index is -4.46. The number of hydrogen-bond acceptors (Lipinski definition) is 2. The second kappa shape index (κ2) is 5.73. The molecule has 110 valence electrons. The van der Waals surface area contributed by atoms with E-state index in [0.717, 1.165) is 19.0 Å². The Morgan fingerprint density at radius 1 is 1.45 bits per heavy atom. The smallest absolute Gasteiger partial charge is 0.325 e. The highest BCUT2D eigenvalue weighted by Gasteiger charge is 2.34. The van der Waals surface area contributed by atoms with Gasteiger partial charge in [0.05, 0.1) is 11.6 Å². The van der Waals surface area contributed by atoms with Crippen LogP contribution in [-0.4, -0.2) is 18.5 Å². The van der Waals surface area contributed by atoms with Crippen LogP contribution in [0.3, 0.4) is 0 Å². The largest absolute Gasteiger partial charge is 0.417 e. The molecule has 0 saturated carbocycles. The lowest BCUT2D eigenvalue weighted by Gasteiger charge is -2.16. The molecular weight excluding hydrogens is 337 g/mol. The fraction of sp³-hybridized carbons (Fsp3) is 0.462. The number of rotatable bonds is 2. The number of benzene rings is 1. The summed E-state index contributed by atoms with van der Waals surface area (Å²) >= 11 is 2.86. The standard InChI is InChI=1S/C13H14BrF3N2O/c1-7-4-5-18-11(7)12(20)19-8-2-3-10(14)9(6-8)13(15,16)17/h2-3,6-7,11,18H,4-5H2,1H3,(H,19,20). The number of hydrogen-bond donors (Lipinski definition) is 2. The zero-order valence-corrected chi connectivity index (χ0v) is 12.3. The van der Waals surface area contributed by atoms with Gasteiger partial charge in [-0.1, -0.05) is 22.9 Å². The Bertz CT molecular complexity index is 519. The molecule has 2 rings (SSSR count). The average molecular weight is 351 g/mol. The maximum Gasteiger partial charge on any atom is 0.417 e. The maximum absolute atomic E-state index is 12.8. The fourth-order valence-electron chi connectivity index (χ4n) is 2.23.